The van der Waals surface area contributed by atoms with Crippen molar-refractivity contribution in [2.45, 2.75) is 6.43 Å². The molecule has 0 spiro atoms. The van der Waals surface area contributed by atoms with Crippen molar-refractivity contribution in [1.29, 1.82) is 0 Å². The molecule has 5 heteroatoms. The molecule has 0 aliphatic rings. The van der Waals surface area contributed by atoms with E-state index in [0.29, 0.717) is 10.8 Å². The first-order valence-corrected chi connectivity index (χ1v) is 5.25. The van der Waals surface area contributed by atoms with Crippen LogP contribution in [0.3, 0.4) is 0 Å². The smallest absolute Gasteiger partial charge is 0.336 e. The molecule has 2 aromatic rings. The van der Waals surface area contributed by atoms with Crippen LogP contribution in [-0.4, -0.2) is 24.1 Å². The number of alkyl halides is 2. The van der Waals surface area contributed by atoms with Crippen molar-refractivity contribution in [3.8, 4) is 5.75 Å². The second kappa shape index (κ2) is 5.00. The lowest BCUT2D eigenvalue weighted by atomic mass is 10.0. The van der Waals surface area contributed by atoms with Gasteiger partial charge in [0.1, 0.15) is 12.4 Å². The van der Waals surface area contributed by atoms with Gasteiger partial charge in [0.05, 0.1) is 5.56 Å². The van der Waals surface area contributed by atoms with Crippen LogP contribution in [0.4, 0.5) is 8.78 Å². The molecule has 18 heavy (non-hydrogen) atoms. The van der Waals surface area contributed by atoms with Gasteiger partial charge in [-0.2, -0.15) is 0 Å². The van der Waals surface area contributed by atoms with E-state index in [2.05, 4.69) is 0 Å². The summed E-state index contributed by atoms with van der Waals surface area (Å²) in [6.07, 6.45) is -2.57. The van der Waals surface area contributed by atoms with Gasteiger partial charge in [0, 0.05) is 5.39 Å². The van der Waals surface area contributed by atoms with Crippen LogP contribution >= 0.6 is 0 Å². The standard InChI is InChI=1S/C13H10F2O3/c14-12(15)7-18-11-6-5-10(13(16)17)8-3-1-2-4-9(8)11/h1-6,12H,7H2,(H,16,17). The number of carboxylic acid groups (broad SMARTS) is 1. The van der Waals surface area contributed by atoms with Gasteiger partial charge in [-0.15, -0.1) is 0 Å². The second-order valence-corrected chi connectivity index (χ2v) is 3.66. The second-order valence-electron chi connectivity index (χ2n) is 3.66. The molecule has 0 aromatic heterocycles. The summed E-state index contributed by atoms with van der Waals surface area (Å²) in [4.78, 5) is 11.0. The van der Waals surface area contributed by atoms with E-state index in [0.717, 1.165) is 0 Å². The van der Waals surface area contributed by atoms with E-state index in [-0.39, 0.29) is 11.3 Å². The lowest BCUT2D eigenvalue weighted by Crippen LogP contribution is -2.07. The molecule has 3 nitrogen and oxygen atoms in total. The highest BCUT2D eigenvalue weighted by Crippen LogP contribution is 2.28. The number of aromatic carboxylic acids is 1. The Morgan fingerprint density at radius 1 is 1.17 bits per heavy atom. The topological polar surface area (TPSA) is 46.5 Å². The number of fused-ring (bicyclic) bond motifs is 1. The van der Waals surface area contributed by atoms with Crippen LogP contribution in [-0.2, 0) is 0 Å². The Bertz CT molecular complexity index is 581. The van der Waals surface area contributed by atoms with Gasteiger partial charge in [-0.3, -0.25) is 0 Å². The van der Waals surface area contributed by atoms with E-state index < -0.39 is 19.0 Å². The number of benzene rings is 2. The summed E-state index contributed by atoms with van der Waals surface area (Å²) in [5, 5.41) is 10.0. The molecule has 2 aromatic carbocycles. The summed E-state index contributed by atoms with van der Waals surface area (Å²) in [7, 11) is 0. The molecule has 0 aliphatic carbocycles. The molecule has 0 amide bonds. The van der Waals surface area contributed by atoms with Crippen molar-refractivity contribution in [2.75, 3.05) is 6.61 Å². The third kappa shape index (κ3) is 2.40. The Kier molecular flexibility index (Phi) is 3.41. The quantitative estimate of drug-likeness (QED) is 0.909. The number of carbonyl (C=O) groups is 1. The molecule has 94 valence electrons. The zero-order chi connectivity index (χ0) is 13.1. The lowest BCUT2D eigenvalue weighted by Gasteiger charge is -2.10. The molecule has 0 saturated heterocycles. The van der Waals surface area contributed by atoms with Gasteiger partial charge in [0.15, 0.2) is 0 Å². The predicted molar refractivity (Wildman–Crippen MR) is 62.4 cm³/mol. The molecular weight excluding hydrogens is 242 g/mol. The third-order valence-electron chi connectivity index (χ3n) is 2.48. The predicted octanol–water partition coefficient (Wildman–Crippen LogP) is 3.18. The van der Waals surface area contributed by atoms with Crippen molar-refractivity contribution in [1.82, 2.24) is 0 Å². The average Bonchev–Trinajstić information content (AvgIpc) is 2.35. The normalized spacial score (nSPS) is 10.8. The maximum atomic E-state index is 12.1. The first-order chi connectivity index (χ1) is 8.59. The maximum absolute atomic E-state index is 12.1. The van der Waals surface area contributed by atoms with Crippen molar-refractivity contribution in [3.05, 3.63) is 42.0 Å². The van der Waals surface area contributed by atoms with Crippen LogP contribution in [0.2, 0.25) is 0 Å². The van der Waals surface area contributed by atoms with Gasteiger partial charge in [0.2, 0.25) is 0 Å². The molecule has 0 fully saturated rings. The first-order valence-electron chi connectivity index (χ1n) is 5.25. The van der Waals surface area contributed by atoms with E-state index in [1.807, 2.05) is 0 Å². The number of carboxylic acids is 1. The SMILES string of the molecule is O=C(O)c1ccc(OCC(F)F)c2ccccc12. The minimum absolute atomic E-state index is 0.120. The molecule has 0 atom stereocenters. The highest BCUT2D eigenvalue weighted by atomic mass is 19.3. The zero-order valence-electron chi connectivity index (χ0n) is 9.27. The summed E-state index contributed by atoms with van der Waals surface area (Å²) < 4.78 is 29.2. The van der Waals surface area contributed by atoms with Crippen molar-refractivity contribution in [2.24, 2.45) is 0 Å². The highest BCUT2D eigenvalue weighted by Gasteiger charge is 2.12. The molecule has 0 heterocycles. The Labute approximate surface area is 102 Å². The summed E-state index contributed by atoms with van der Waals surface area (Å²) in [6, 6.07) is 9.39. The molecule has 0 aliphatic heterocycles. The molecule has 0 unspecified atom stereocenters. The zero-order valence-corrected chi connectivity index (χ0v) is 9.27. The lowest BCUT2D eigenvalue weighted by molar-refractivity contribution is 0.0698. The highest BCUT2D eigenvalue weighted by molar-refractivity contribution is 6.05. The maximum Gasteiger partial charge on any atom is 0.336 e. The number of hydrogen-bond donors (Lipinski definition) is 1. The Morgan fingerprint density at radius 2 is 1.83 bits per heavy atom. The number of rotatable bonds is 4. The number of ether oxygens (including phenoxy) is 1. The monoisotopic (exact) mass is 252 g/mol. The molecule has 0 bridgehead atoms. The minimum atomic E-state index is -2.57. The van der Waals surface area contributed by atoms with Crippen molar-refractivity contribution < 1.29 is 23.4 Å². The van der Waals surface area contributed by atoms with Crippen LogP contribution in [0.5, 0.6) is 5.75 Å². The van der Waals surface area contributed by atoms with Gasteiger partial charge in [0.25, 0.3) is 6.43 Å². The van der Waals surface area contributed by atoms with Crippen LogP contribution in [0.1, 0.15) is 10.4 Å². The minimum Gasteiger partial charge on any atom is -0.487 e. The molecule has 0 radical (unpaired) electrons. The van der Waals surface area contributed by atoms with Crippen LogP contribution < -0.4 is 4.74 Å². The molecule has 1 N–H and O–H groups in total. The van der Waals surface area contributed by atoms with Crippen LogP contribution in [0.15, 0.2) is 36.4 Å². The first kappa shape index (κ1) is 12.3. The summed E-state index contributed by atoms with van der Waals surface area (Å²) in [5.74, 6) is -0.803. The fraction of sp³-hybridized carbons (Fsp3) is 0.154. The van der Waals surface area contributed by atoms with E-state index in [9.17, 15) is 13.6 Å². The van der Waals surface area contributed by atoms with E-state index in [1.165, 1.54) is 12.1 Å². The largest absolute Gasteiger partial charge is 0.487 e. The summed E-state index contributed by atoms with van der Waals surface area (Å²) in [6.45, 7) is -0.712. The molecule has 0 saturated carbocycles. The van der Waals surface area contributed by atoms with Gasteiger partial charge >= 0.3 is 5.97 Å². The third-order valence-corrected chi connectivity index (χ3v) is 2.48. The van der Waals surface area contributed by atoms with E-state index in [1.54, 1.807) is 24.3 Å². The Hall–Kier alpha value is -2.17. The Morgan fingerprint density at radius 3 is 2.44 bits per heavy atom. The molecular formula is C13H10F2O3. The van der Waals surface area contributed by atoms with Gasteiger partial charge in [-0.1, -0.05) is 24.3 Å². The van der Waals surface area contributed by atoms with Crippen LogP contribution in [0, 0.1) is 0 Å². The fourth-order valence-corrected chi connectivity index (χ4v) is 1.74. The van der Waals surface area contributed by atoms with E-state index in [4.69, 9.17) is 9.84 Å². The van der Waals surface area contributed by atoms with Gasteiger partial charge in [-0.25, -0.2) is 13.6 Å². The van der Waals surface area contributed by atoms with Gasteiger partial charge < -0.3 is 9.84 Å². The summed E-state index contributed by atoms with van der Waals surface area (Å²) in [5.41, 5.74) is 0.120. The van der Waals surface area contributed by atoms with Crippen molar-refractivity contribution >= 4 is 16.7 Å². The number of halogens is 2. The fourth-order valence-electron chi connectivity index (χ4n) is 1.74. The van der Waals surface area contributed by atoms with Gasteiger partial charge in [-0.05, 0) is 17.5 Å². The number of hydrogen-bond acceptors (Lipinski definition) is 2. The van der Waals surface area contributed by atoms with Crippen LogP contribution in [0.25, 0.3) is 10.8 Å². The summed E-state index contributed by atoms with van der Waals surface area (Å²) >= 11 is 0. The Balaban J connectivity index is 2.50. The van der Waals surface area contributed by atoms with E-state index >= 15 is 0 Å². The average molecular weight is 252 g/mol. The molecule has 2 rings (SSSR count). The van der Waals surface area contributed by atoms with Crippen molar-refractivity contribution in [3.63, 3.8) is 0 Å².